The summed E-state index contributed by atoms with van der Waals surface area (Å²) in [6, 6.07) is 9.61. The van der Waals surface area contributed by atoms with Gasteiger partial charge in [-0.15, -0.1) is 0 Å². The van der Waals surface area contributed by atoms with E-state index in [4.69, 9.17) is 15.2 Å². The standard InChI is InChI=1S/C13H16N2O2/c1-16-12-6-2-4-10(8-14)13(12)17-9-11-5-3-7-15-11/h2-7,15H,8-9,14H2,1H3. The first kappa shape index (κ1) is 11.5. The first-order valence-corrected chi connectivity index (χ1v) is 5.46. The maximum Gasteiger partial charge on any atom is 0.166 e. The predicted molar refractivity (Wildman–Crippen MR) is 66.0 cm³/mol. The van der Waals surface area contributed by atoms with Gasteiger partial charge in [-0.1, -0.05) is 12.1 Å². The number of aromatic amines is 1. The van der Waals surface area contributed by atoms with E-state index in [0.717, 1.165) is 11.3 Å². The van der Waals surface area contributed by atoms with Gasteiger partial charge in [-0.05, 0) is 18.2 Å². The van der Waals surface area contributed by atoms with Crippen LogP contribution >= 0.6 is 0 Å². The molecule has 0 bridgehead atoms. The fourth-order valence-electron chi connectivity index (χ4n) is 1.65. The van der Waals surface area contributed by atoms with Crippen molar-refractivity contribution in [3.05, 3.63) is 47.8 Å². The van der Waals surface area contributed by atoms with E-state index in [9.17, 15) is 0 Å². The zero-order valence-electron chi connectivity index (χ0n) is 9.77. The highest BCUT2D eigenvalue weighted by molar-refractivity contribution is 5.46. The molecular weight excluding hydrogens is 216 g/mol. The van der Waals surface area contributed by atoms with Gasteiger partial charge >= 0.3 is 0 Å². The third kappa shape index (κ3) is 2.60. The molecule has 4 heteroatoms. The highest BCUT2D eigenvalue weighted by atomic mass is 16.5. The molecule has 0 saturated heterocycles. The summed E-state index contributed by atoms with van der Waals surface area (Å²) >= 11 is 0. The molecule has 17 heavy (non-hydrogen) atoms. The Kier molecular flexibility index (Phi) is 3.67. The largest absolute Gasteiger partial charge is 0.493 e. The molecule has 0 saturated carbocycles. The molecule has 3 N–H and O–H groups in total. The molecule has 0 atom stereocenters. The van der Waals surface area contributed by atoms with Gasteiger partial charge in [-0.3, -0.25) is 0 Å². The lowest BCUT2D eigenvalue weighted by atomic mass is 10.2. The number of benzene rings is 1. The minimum absolute atomic E-state index is 0.428. The maximum atomic E-state index is 5.76. The van der Waals surface area contributed by atoms with Crippen molar-refractivity contribution < 1.29 is 9.47 Å². The second-order valence-corrected chi connectivity index (χ2v) is 3.64. The van der Waals surface area contributed by atoms with Crippen LogP contribution in [0.15, 0.2) is 36.5 Å². The van der Waals surface area contributed by atoms with Gasteiger partial charge in [0.1, 0.15) is 6.61 Å². The van der Waals surface area contributed by atoms with E-state index in [-0.39, 0.29) is 0 Å². The van der Waals surface area contributed by atoms with Crippen LogP contribution in [0.5, 0.6) is 11.5 Å². The molecule has 1 heterocycles. The summed E-state index contributed by atoms with van der Waals surface area (Å²) in [5.41, 5.74) is 7.63. The average Bonchev–Trinajstić information content (AvgIpc) is 2.88. The molecule has 90 valence electrons. The van der Waals surface area contributed by atoms with E-state index in [1.54, 1.807) is 7.11 Å². The Morgan fingerprint density at radius 2 is 2.12 bits per heavy atom. The highest BCUT2D eigenvalue weighted by Crippen LogP contribution is 2.31. The summed E-state index contributed by atoms with van der Waals surface area (Å²) in [6.07, 6.45) is 1.87. The van der Waals surface area contributed by atoms with Crippen molar-refractivity contribution in [2.45, 2.75) is 13.2 Å². The van der Waals surface area contributed by atoms with Crippen LogP contribution in [0.4, 0.5) is 0 Å². The van der Waals surface area contributed by atoms with Crippen LogP contribution in [0, 0.1) is 0 Å². The third-order valence-corrected chi connectivity index (χ3v) is 2.53. The second-order valence-electron chi connectivity index (χ2n) is 3.64. The molecule has 0 aliphatic rings. The lowest BCUT2D eigenvalue weighted by Crippen LogP contribution is -2.04. The normalized spacial score (nSPS) is 10.2. The Morgan fingerprint density at radius 3 is 2.76 bits per heavy atom. The van der Waals surface area contributed by atoms with Crippen LogP contribution in [0.1, 0.15) is 11.3 Å². The van der Waals surface area contributed by atoms with Crippen molar-refractivity contribution in [1.29, 1.82) is 0 Å². The number of methoxy groups -OCH3 is 1. The van der Waals surface area contributed by atoms with E-state index < -0.39 is 0 Å². The summed E-state index contributed by atoms with van der Waals surface area (Å²) in [6.45, 7) is 0.900. The van der Waals surface area contributed by atoms with E-state index >= 15 is 0 Å². The smallest absolute Gasteiger partial charge is 0.166 e. The number of H-pyrrole nitrogens is 1. The number of para-hydroxylation sites is 1. The number of nitrogens with two attached hydrogens (primary N) is 1. The van der Waals surface area contributed by atoms with Gasteiger partial charge < -0.3 is 20.2 Å². The molecule has 1 aromatic heterocycles. The fraction of sp³-hybridized carbons (Fsp3) is 0.231. The molecular formula is C13H16N2O2. The molecule has 0 aliphatic heterocycles. The van der Waals surface area contributed by atoms with Gasteiger partial charge in [-0.2, -0.15) is 0 Å². The van der Waals surface area contributed by atoms with Gasteiger partial charge in [0.05, 0.1) is 12.8 Å². The lowest BCUT2D eigenvalue weighted by Gasteiger charge is -2.13. The first-order valence-electron chi connectivity index (χ1n) is 5.46. The molecule has 0 aliphatic carbocycles. The van der Waals surface area contributed by atoms with Gasteiger partial charge in [0.25, 0.3) is 0 Å². The van der Waals surface area contributed by atoms with E-state index in [1.165, 1.54) is 0 Å². The Bertz CT molecular complexity index is 444. The summed E-state index contributed by atoms with van der Waals surface area (Å²) in [4.78, 5) is 3.09. The number of hydrogen-bond donors (Lipinski definition) is 2. The zero-order chi connectivity index (χ0) is 12.1. The van der Waals surface area contributed by atoms with Crippen molar-refractivity contribution in [1.82, 2.24) is 4.98 Å². The number of ether oxygens (including phenoxy) is 2. The average molecular weight is 232 g/mol. The monoisotopic (exact) mass is 232 g/mol. The van der Waals surface area contributed by atoms with Crippen LogP contribution < -0.4 is 15.2 Å². The Balaban J connectivity index is 2.18. The molecule has 0 unspecified atom stereocenters. The molecule has 0 radical (unpaired) electrons. The quantitative estimate of drug-likeness (QED) is 0.829. The Morgan fingerprint density at radius 1 is 1.24 bits per heavy atom. The van der Waals surface area contributed by atoms with E-state index in [1.807, 2.05) is 36.5 Å². The molecule has 0 spiro atoms. The van der Waals surface area contributed by atoms with Crippen molar-refractivity contribution in [2.24, 2.45) is 5.73 Å². The Labute approximate surface area is 100 Å². The maximum absolute atomic E-state index is 5.76. The first-order chi connectivity index (χ1) is 8.35. The van der Waals surface area contributed by atoms with Crippen LogP contribution in [-0.2, 0) is 13.2 Å². The van der Waals surface area contributed by atoms with Crippen molar-refractivity contribution in [2.75, 3.05) is 7.11 Å². The van der Waals surface area contributed by atoms with Crippen molar-refractivity contribution in [3.63, 3.8) is 0 Å². The van der Waals surface area contributed by atoms with Gasteiger partial charge in [0, 0.05) is 18.3 Å². The molecule has 2 aromatic rings. The zero-order valence-corrected chi connectivity index (χ0v) is 9.77. The van der Waals surface area contributed by atoms with Crippen LogP contribution in [0.2, 0.25) is 0 Å². The summed E-state index contributed by atoms with van der Waals surface area (Å²) in [5, 5.41) is 0. The van der Waals surface area contributed by atoms with E-state index in [2.05, 4.69) is 4.98 Å². The fourth-order valence-corrected chi connectivity index (χ4v) is 1.65. The van der Waals surface area contributed by atoms with Crippen LogP contribution in [0.3, 0.4) is 0 Å². The van der Waals surface area contributed by atoms with Crippen LogP contribution in [0.25, 0.3) is 0 Å². The molecule has 0 amide bonds. The molecule has 2 rings (SSSR count). The van der Waals surface area contributed by atoms with E-state index in [0.29, 0.717) is 24.7 Å². The second kappa shape index (κ2) is 5.41. The molecule has 0 fully saturated rings. The minimum Gasteiger partial charge on any atom is -0.493 e. The van der Waals surface area contributed by atoms with Crippen molar-refractivity contribution >= 4 is 0 Å². The van der Waals surface area contributed by atoms with Crippen molar-refractivity contribution in [3.8, 4) is 11.5 Å². The highest BCUT2D eigenvalue weighted by Gasteiger charge is 2.09. The minimum atomic E-state index is 0.428. The summed E-state index contributed by atoms with van der Waals surface area (Å²) in [5.74, 6) is 1.42. The van der Waals surface area contributed by atoms with Gasteiger partial charge in [0.2, 0.25) is 0 Å². The van der Waals surface area contributed by atoms with Gasteiger partial charge in [-0.25, -0.2) is 0 Å². The van der Waals surface area contributed by atoms with Crippen LogP contribution in [-0.4, -0.2) is 12.1 Å². The number of hydrogen-bond acceptors (Lipinski definition) is 3. The number of rotatable bonds is 5. The molecule has 1 aromatic carbocycles. The summed E-state index contributed by atoms with van der Waals surface area (Å²) in [7, 11) is 1.62. The lowest BCUT2D eigenvalue weighted by molar-refractivity contribution is 0.278. The predicted octanol–water partition coefficient (Wildman–Crippen LogP) is 2.06. The number of nitrogens with one attached hydrogen (secondary N) is 1. The SMILES string of the molecule is COc1cccc(CN)c1OCc1ccc[nH]1. The van der Waals surface area contributed by atoms with Gasteiger partial charge in [0.15, 0.2) is 11.5 Å². The third-order valence-electron chi connectivity index (χ3n) is 2.53. The topological polar surface area (TPSA) is 60.3 Å². The number of aromatic nitrogens is 1. The molecule has 4 nitrogen and oxygen atoms in total. The Hall–Kier alpha value is -1.94. The summed E-state index contributed by atoms with van der Waals surface area (Å²) < 4.78 is 11.0.